The molecule has 0 unspecified atom stereocenters. The van der Waals surface area contributed by atoms with Gasteiger partial charge in [-0.3, -0.25) is 9.58 Å². The summed E-state index contributed by atoms with van der Waals surface area (Å²) in [5.41, 5.74) is 4.78. The molecule has 1 fully saturated rings. The summed E-state index contributed by atoms with van der Waals surface area (Å²) in [4.78, 5) is 17.6. The summed E-state index contributed by atoms with van der Waals surface area (Å²) >= 11 is 0. The number of ether oxygens (including phenoxy) is 1. The van der Waals surface area contributed by atoms with Crippen LogP contribution in [0.1, 0.15) is 13.3 Å². The van der Waals surface area contributed by atoms with Crippen molar-refractivity contribution in [3.63, 3.8) is 0 Å². The number of benzene rings is 1. The number of aryl methyl sites for hydroxylation is 1. The molecule has 1 atom stereocenters. The van der Waals surface area contributed by atoms with Crippen molar-refractivity contribution in [1.82, 2.24) is 34.5 Å². The summed E-state index contributed by atoms with van der Waals surface area (Å²) in [6.45, 7) is 7.72. The minimum Gasteiger partial charge on any atom is -0.478 e. The molecule has 36 heavy (non-hydrogen) atoms. The molecule has 0 bridgehead atoms. The number of aromatic nitrogens is 5. The number of methoxy groups -OCH3 is 1. The van der Waals surface area contributed by atoms with E-state index in [-0.39, 0.29) is 0 Å². The second kappa shape index (κ2) is 10.5. The predicted octanol–water partition coefficient (Wildman–Crippen LogP) is 3.55. The number of hydrogen-bond donors (Lipinski definition) is 3. The number of likely N-dealkylation sites (N-methyl/N-ethyl adjacent to an activating group) is 1. The maximum atomic E-state index is 5.34. The van der Waals surface area contributed by atoms with Crippen molar-refractivity contribution in [1.29, 1.82) is 0 Å². The third kappa shape index (κ3) is 5.00. The maximum absolute atomic E-state index is 5.34. The zero-order valence-corrected chi connectivity index (χ0v) is 21.5. The van der Waals surface area contributed by atoms with Gasteiger partial charge in [-0.05, 0) is 25.6 Å². The fourth-order valence-corrected chi connectivity index (χ4v) is 4.85. The number of aromatic amines is 1. The number of para-hydroxylation sites is 1. The summed E-state index contributed by atoms with van der Waals surface area (Å²) in [7, 11) is 5.64. The highest BCUT2D eigenvalue weighted by molar-refractivity contribution is 6.01. The van der Waals surface area contributed by atoms with Gasteiger partial charge in [0.15, 0.2) is 0 Å². The number of anilines is 3. The number of H-pyrrole nitrogens is 1. The fraction of sp³-hybridized carbons (Fsp3) is 0.423. The molecule has 1 saturated heterocycles. The van der Waals surface area contributed by atoms with Crippen molar-refractivity contribution in [2.75, 3.05) is 57.5 Å². The molecule has 3 aromatic heterocycles. The number of fused-ring (bicyclic) bond motifs is 1. The van der Waals surface area contributed by atoms with E-state index in [1.54, 1.807) is 18.0 Å². The van der Waals surface area contributed by atoms with Crippen LogP contribution >= 0.6 is 0 Å². The monoisotopic (exact) mass is 489 g/mol. The third-order valence-electron chi connectivity index (χ3n) is 6.94. The Hall–Kier alpha value is -3.63. The molecule has 1 aliphatic rings. The first-order chi connectivity index (χ1) is 17.6. The summed E-state index contributed by atoms with van der Waals surface area (Å²) in [5, 5.41) is 12.3. The minimum absolute atomic E-state index is 0.486. The van der Waals surface area contributed by atoms with Gasteiger partial charge in [-0.25, -0.2) is 9.97 Å². The first kappa shape index (κ1) is 24.1. The molecule has 0 aliphatic carbocycles. The number of nitrogens with zero attached hydrogens (tertiary/aromatic N) is 6. The predicted molar refractivity (Wildman–Crippen MR) is 144 cm³/mol. The smallest absolute Gasteiger partial charge is 0.256 e. The van der Waals surface area contributed by atoms with Crippen molar-refractivity contribution < 1.29 is 4.74 Å². The van der Waals surface area contributed by atoms with Crippen LogP contribution in [0.15, 0.2) is 42.9 Å². The Morgan fingerprint density at radius 1 is 1.11 bits per heavy atom. The molecule has 0 amide bonds. The van der Waals surface area contributed by atoms with Crippen molar-refractivity contribution in [2.45, 2.75) is 19.4 Å². The second-order valence-corrected chi connectivity index (χ2v) is 9.33. The molecule has 1 aromatic carbocycles. The molecule has 1 aliphatic heterocycles. The van der Waals surface area contributed by atoms with Crippen LogP contribution < -0.4 is 15.4 Å². The van der Waals surface area contributed by atoms with E-state index >= 15 is 0 Å². The van der Waals surface area contributed by atoms with E-state index in [4.69, 9.17) is 9.72 Å². The normalized spacial score (nSPS) is 15.8. The Balaban J connectivity index is 1.35. The molecule has 10 heteroatoms. The molecular weight excluding hydrogens is 454 g/mol. The second-order valence-electron chi connectivity index (χ2n) is 9.33. The van der Waals surface area contributed by atoms with Crippen LogP contribution in [-0.4, -0.2) is 87.5 Å². The van der Waals surface area contributed by atoms with E-state index < -0.39 is 0 Å². The zero-order chi connectivity index (χ0) is 25.1. The van der Waals surface area contributed by atoms with Gasteiger partial charge < -0.3 is 25.3 Å². The molecule has 5 rings (SSSR count). The highest BCUT2D eigenvalue weighted by Crippen LogP contribution is 2.32. The van der Waals surface area contributed by atoms with E-state index in [0.29, 0.717) is 23.6 Å². The average molecular weight is 490 g/mol. The van der Waals surface area contributed by atoms with Gasteiger partial charge in [-0.2, -0.15) is 0 Å². The summed E-state index contributed by atoms with van der Waals surface area (Å²) in [6.07, 6.45) is 6.74. The molecule has 0 radical (unpaired) electrons. The minimum atomic E-state index is 0.486. The van der Waals surface area contributed by atoms with Crippen molar-refractivity contribution in [3.05, 3.63) is 42.9 Å². The van der Waals surface area contributed by atoms with E-state index in [2.05, 4.69) is 67.7 Å². The van der Waals surface area contributed by atoms with Crippen LogP contribution in [0, 0.1) is 0 Å². The number of rotatable bonds is 9. The van der Waals surface area contributed by atoms with Crippen LogP contribution in [0.25, 0.3) is 22.2 Å². The Morgan fingerprint density at radius 3 is 2.72 bits per heavy atom. The van der Waals surface area contributed by atoms with Crippen LogP contribution in [0.3, 0.4) is 0 Å². The Morgan fingerprint density at radius 2 is 1.94 bits per heavy atom. The molecule has 4 heterocycles. The topological polar surface area (TPSA) is 99.2 Å². The van der Waals surface area contributed by atoms with Crippen LogP contribution in [-0.2, 0) is 7.05 Å². The lowest BCUT2D eigenvalue weighted by molar-refractivity contribution is 0.114. The summed E-state index contributed by atoms with van der Waals surface area (Å²) in [6, 6.07) is 8.81. The van der Waals surface area contributed by atoms with Gasteiger partial charge in [-0.15, -0.1) is 5.10 Å². The number of piperazine rings is 1. The fourth-order valence-electron chi connectivity index (χ4n) is 4.85. The number of nitrogens with one attached hydrogen (secondary N) is 3. The van der Waals surface area contributed by atoms with Crippen molar-refractivity contribution in [2.24, 2.45) is 7.05 Å². The molecule has 190 valence electrons. The first-order valence-electron chi connectivity index (χ1n) is 12.5. The lowest BCUT2D eigenvalue weighted by atomic mass is 10.1. The summed E-state index contributed by atoms with van der Waals surface area (Å²) < 4.78 is 7.02. The molecule has 0 spiro atoms. The lowest BCUT2D eigenvalue weighted by Crippen LogP contribution is -2.50. The Labute approximate surface area is 211 Å². The maximum Gasteiger partial charge on any atom is 0.256 e. The average Bonchev–Trinajstić information content (AvgIpc) is 3.49. The molecule has 3 N–H and O–H groups in total. The number of hydrogen-bond acceptors (Lipinski definition) is 8. The lowest BCUT2D eigenvalue weighted by Gasteiger charge is -2.37. The van der Waals surface area contributed by atoms with Gasteiger partial charge in [0.2, 0.25) is 5.95 Å². The van der Waals surface area contributed by atoms with E-state index in [1.165, 1.54) is 0 Å². The Bertz CT molecular complexity index is 1310. The van der Waals surface area contributed by atoms with Crippen LogP contribution in [0.2, 0.25) is 0 Å². The van der Waals surface area contributed by atoms with Crippen molar-refractivity contribution in [3.8, 4) is 17.1 Å². The van der Waals surface area contributed by atoms with E-state index in [9.17, 15) is 0 Å². The van der Waals surface area contributed by atoms with Gasteiger partial charge >= 0.3 is 0 Å². The van der Waals surface area contributed by atoms with Gasteiger partial charge in [-0.1, -0.05) is 19.1 Å². The van der Waals surface area contributed by atoms with E-state index in [1.807, 2.05) is 25.5 Å². The van der Waals surface area contributed by atoms with E-state index in [0.717, 1.165) is 67.0 Å². The molecule has 0 saturated carbocycles. The molecular formula is C26H35N9O. The highest BCUT2D eigenvalue weighted by atomic mass is 16.5. The van der Waals surface area contributed by atoms with Gasteiger partial charge in [0.1, 0.15) is 5.69 Å². The highest BCUT2D eigenvalue weighted by Gasteiger charge is 2.21. The van der Waals surface area contributed by atoms with Gasteiger partial charge in [0, 0.05) is 69.2 Å². The first-order valence-corrected chi connectivity index (χ1v) is 12.5. The van der Waals surface area contributed by atoms with Crippen molar-refractivity contribution >= 4 is 28.2 Å². The largest absolute Gasteiger partial charge is 0.478 e. The van der Waals surface area contributed by atoms with Crippen LogP contribution in [0.5, 0.6) is 5.88 Å². The van der Waals surface area contributed by atoms with Gasteiger partial charge in [0.05, 0.1) is 30.2 Å². The quantitative estimate of drug-likeness (QED) is 0.328. The van der Waals surface area contributed by atoms with Gasteiger partial charge in [0.25, 0.3) is 5.88 Å². The third-order valence-corrected chi connectivity index (χ3v) is 6.94. The zero-order valence-electron chi connectivity index (χ0n) is 21.5. The molecule has 4 aromatic rings. The Kier molecular flexibility index (Phi) is 7.06. The standard InChI is InChI=1S/C26H35N9O/c1-5-18(35-13-11-33(2)12-14-35)15-28-22-8-6-7-19-20(16-29-24(19)22)21-9-10-27-26(30-21)31-23-17-34(3)32-25(23)36-4/h6-10,16-18,28-29H,5,11-15H2,1-4H3,(H,27,30,31)/t18-/m1/s1. The SMILES string of the molecule is CC[C@H](CNc1cccc2c(-c3ccnc(Nc4cn(C)nc4OC)n3)c[nH]c12)N1CCN(C)CC1. The molecule has 10 nitrogen and oxygen atoms in total. The summed E-state index contributed by atoms with van der Waals surface area (Å²) in [5.74, 6) is 0.983. The van der Waals surface area contributed by atoms with Crippen LogP contribution in [0.4, 0.5) is 17.3 Å².